The van der Waals surface area contributed by atoms with E-state index in [2.05, 4.69) is 10.6 Å². The summed E-state index contributed by atoms with van der Waals surface area (Å²) in [5.74, 6) is -0.312. The quantitative estimate of drug-likeness (QED) is 0.768. The molecular weight excluding hydrogens is 280 g/mol. The number of hydrogen-bond donors (Lipinski definition) is 2. The number of alkyl carbamates (subject to hydrolysis) is 1. The van der Waals surface area contributed by atoms with E-state index in [-0.39, 0.29) is 11.8 Å². The third-order valence-electron chi connectivity index (χ3n) is 2.32. The summed E-state index contributed by atoms with van der Waals surface area (Å²) in [6.45, 7) is 13.0. The van der Waals surface area contributed by atoms with Crippen LogP contribution in [0.5, 0.6) is 0 Å². The summed E-state index contributed by atoms with van der Waals surface area (Å²) in [4.78, 5) is 23.2. The molecule has 20 heavy (non-hydrogen) atoms. The molecule has 0 heterocycles. The minimum atomic E-state index is -0.539. The molecule has 0 fully saturated rings. The number of halogens is 1. The first-order valence-corrected chi connectivity index (χ1v) is 7.18. The summed E-state index contributed by atoms with van der Waals surface area (Å²) in [5, 5.41) is 5.64. The maximum absolute atomic E-state index is 11.8. The Kier molecular flexibility index (Phi) is 6.33. The van der Waals surface area contributed by atoms with Crippen molar-refractivity contribution in [2.45, 2.75) is 71.6 Å². The summed E-state index contributed by atoms with van der Waals surface area (Å²) >= 11 is 5.48. The van der Waals surface area contributed by atoms with Gasteiger partial charge in [-0.25, -0.2) is 4.79 Å². The summed E-state index contributed by atoms with van der Waals surface area (Å²) < 4.78 is 5.23. The Balaban J connectivity index is 4.58. The molecule has 5 nitrogen and oxygen atoms in total. The van der Waals surface area contributed by atoms with Crippen LogP contribution in [0, 0.1) is 0 Å². The second-order valence-corrected chi connectivity index (χ2v) is 7.52. The van der Waals surface area contributed by atoms with Crippen molar-refractivity contribution in [2.24, 2.45) is 0 Å². The van der Waals surface area contributed by atoms with Gasteiger partial charge in [0.15, 0.2) is 0 Å². The number of hydrogen-bond acceptors (Lipinski definition) is 3. The van der Waals surface area contributed by atoms with Gasteiger partial charge in [0.05, 0.1) is 0 Å². The lowest BCUT2D eigenvalue weighted by molar-refractivity contribution is -0.120. The van der Waals surface area contributed by atoms with E-state index in [0.717, 1.165) is 0 Å². The summed E-state index contributed by atoms with van der Waals surface area (Å²) in [6.07, 6.45) is 0.0731. The average molecular weight is 307 g/mol. The number of carbonyl (C=O) groups is 2. The smallest absolute Gasteiger partial charge is 0.408 e. The van der Waals surface area contributed by atoms with Crippen molar-refractivity contribution in [3.8, 4) is 0 Å². The Morgan fingerprint density at radius 3 is 1.80 bits per heavy atom. The highest BCUT2D eigenvalue weighted by Crippen LogP contribution is 2.20. The monoisotopic (exact) mass is 306 g/mol. The van der Waals surface area contributed by atoms with E-state index in [4.69, 9.17) is 16.3 Å². The van der Waals surface area contributed by atoms with Crippen molar-refractivity contribution in [3.63, 3.8) is 0 Å². The average Bonchev–Trinajstić information content (AvgIpc) is 2.09. The third-order valence-corrected chi connectivity index (χ3v) is 2.57. The van der Waals surface area contributed by atoms with Crippen molar-refractivity contribution in [3.05, 3.63) is 0 Å². The Morgan fingerprint density at radius 1 is 0.950 bits per heavy atom. The molecule has 0 aromatic carbocycles. The van der Waals surface area contributed by atoms with E-state index in [9.17, 15) is 9.59 Å². The van der Waals surface area contributed by atoms with Crippen molar-refractivity contribution >= 4 is 23.6 Å². The highest BCUT2D eigenvalue weighted by atomic mass is 35.5. The molecule has 0 aliphatic carbocycles. The fraction of sp³-hybridized carbons (Fsp3) is 0.857. The van der Waals surface area contributed by atoms with Gasteiger partial charge < -0.3 is 15.4 Å². The van der Waals surface area contributed by atoms with E-state index in [1.807, 2.05) is 48.5 Å². The molecule has 0 radical (unpaired) electrons. The number of alkyl halides is 1. The van der Waals surface area contributed by atoms with Crippen LogP contribution in [0.1, 0.15) is 54.9 Å². The van der Waals surface area contributed by atoms with Gasteiger partial charge in [0.2, 0.25) is 5.91 Å². The highest BCUT2D eigenvalue weighted by Gasteiger charge is 2.32. The second kappa shape index (κ2) is 6.66. The van der Waals surface area contributed by atoms with E-state index in [0.29, 0.717) is 6.42 Å². The van der Waals surface area contributed by atoms with Gasteiger partial charge in [0, 0.05) is 11.1 Å². The molecular formula is C14H27ClN2O3. The first-order valence-electron chi connectivity index (χ1n) is 6.64. The maximum Gasteiger partial charge on any atom is 0.408 e. The van der Waals surface area contributed by atoms with Gasteiger partial charge in [-0.2, -0.15) is 0 Å². The largest absolute Gasteiger partial charge is 0.444 e. The van der Waals surface area contributed by atoms with Gasteiger partial charge in [0.1, 0.15) is 11.5 Å². The lowest BCUT2D eigenvalue weighted by Gasteiger charge is -2.36. The normalized spacial score (nSPS) is 12.8. The fourth-order valence-corrected chi connectivity index (χ4v) is 2.25. The predicted molar refractivity (Wildman–Crippen MR) is 81.0 cm³/mol. The topological polar surface area (TPSA) is 67.4 Å². The third kappa shape index (κ3) is 9.02. The van der Waals surface area contributed by atoms with Crippen molar-refractivity contribution < 1.29 is 14.3 Å². The van der Waals surface area contributed by atoms with Crippen molar-refractivity contribution in [1.29, 1.82) is 0 Å². The lowest BCUT2D eigenvalue weighted by atomic mass is 9.87. The molecule has 0 aliphatic rings. The first kappa shape index (κ1) is 19.0. The van der Waals surface area contributed by atoms with Crippen LogP contribution < -0.4 is 10.6 Å². The van der Waals surface area contributed by atoms with E-state index < -0.39 is 22.8 Å². The van der Waals surface area contributed by atoms with Crippen LogP contribution in [0.4, 0.5) is 4.79 Å². The van der Waals surface area contributed by atoms with Crippen LogP contribution >= 0.6 is 11.6 Å². The number of nitrogens with one attached hydrogen (secondary N) is 2. The molecule has 0 rings (SSSR count). The minimum absolute atomic E-state index is 0.0800. The van der Waals surface area contributed by atoms with Gasteiger partial charge in [0.25, 0.3) is 0 Å². The maximum atomic E-state index is 11.8. The number of rotatable bonds is 5. The number of amides is 2. The molecule has 0 spiro atoms. The molecule has 0 bridgehead atoms. The molecule has 0 saturated heterocycles. The van der Waals surface area contributed by atoms with Crippen LogP contribution in [0.2, 0.25) is 0 Å². The van der Waals surface area contributed by atoms with Crippen LogP contribution in [0.3, 0.4) is 0 Å². The Labute approximate surface area is 126 Å². The zero-order valence-electron chi connectivity index (χ0n) is 13.5. The standard InChI is InChI=1S/C14H27ClN2O3/c1-12(2,3)20-11(19)17-14(6,7)9-13(4,5)16-10(18)8-15/h8-9H2,1-7H3,(H,16,18)(H,17,19). The SMILES string of the molecule is CC(C)(CC(C)(C)NC(=O)OC(C)(C)C)NC(=O)CCl. The highest BCUT2D eigenvalue weighted by molar-refractivity contribution is 6.27. The molecule has 6 heteroatoms. The molecule has 0 atom stereocenters. The van der Waals surface area contributed by atoms with Gasteiger partial charge in [-0.15, -0.1) is 11.6 Å². The lowest BCUT2D eigenvalue weighted by Crippen LogP contribution is -2.54. The molecule has 0 aromatic heterocycles. The Bertz CT molecular complexity index is 360. The Hall–Kier alpha value is -0.970. The van der Waals surface area contributed by atoms with Crippen LogP contribution in [0.25, 0.3) is 0 Å². The van der Waals surface area contributed by atoms with Crippen LogP contribution in [0.15, 0.2) is 0 Å². The van der Waals surface area contributed by atoms with Crippen molar-refractivity contribution in [2.75, 3.05) is 5.88 Å². The van der Waals surface area contributed by atoms with Gasteiger partial charge in [-0.05, 0) is 54.9 Å². The zero-order valence-corrected chi connectivity index (χ0v) is 14.3. The summed E-state index contributed by atoms with van der Waals surface area (Å²) in [7, 11) is 0. The number of ether oxygens (including phenoxy) is 1. The molecule has 0 saturated carbocycles. The molecule has 118 valence electrons. The Morgan fingerprint density at radius 2 is 1.40 bits per heavy atom. The van der Waals surface area contributed by atoms with E-state index >= 15 is 0 Å². The fourth-order valence-electron chi connectivity index (χ4n) is 2.18. The summed E-state index contributed by atoms with van der Waals surface area (Å²) in [6, 6.07) is 0. The van der Waals surface area contributed by atoms with Gasteiger partial charge in [-0.1, -0.05) is 0 Å². The molecule has 0 unspecified atom stereocenters. The molecule has 0 aromatic rings. The summed E-state index contributed by atoms with van der Waals surface area (Å²) in [5.41, 5.74) is -1.54. The van der Waals surface area contributed by atoms with Gasteiger partial charge in [-0.3, -0.25) is 4.79 Å². The number of carbonyl (C=O) groups excluding carboxylic acids is 2. The first-order chi connectivity index (χ1) is 8.76. The van der Waals surface area contributed by atoms with Crippen molar-refractivity contribution in [1.82, 2.24) is 10.6 Å². The predicted octanol–water partition coefficient (Wildman–Crippen LogP) is 2.81. The minimum Gasteiger partial charge on any atom is -0.444 e. The van der Waals surface area contributed by atoms with Gasteiger partial charge >= 0.3 is 6.09 Å². The molecule has 2 amide bonds. The molecule has 2 N–H and O–H groups in total. The second-order valence-electron chi connectivity index (χ2n) is 7.25. The molecule has 0 aliphatic heterocycles. The van der Waals surface area contributed by atoms with Crippen LogP contribution in [-0.2, 0) is 9.53 Å². The zero-order chi connectivity index (χ0) is 16.2. The van der Waals surface area contributed by atoms with E-state index in [1.165, 1.54) is 0 Å². The van der Waals surface area contributed by atoms with Crippen LogP contribution in [-0.4, -0.2) is 34.6 Å². The van der Waals surface area contributed by atoms with E-state index in [1.54, 1.807) is 0 Å².